The number of nitrogens with one attached hydrogen (secondary N) is 1. The highest BCUT2D eigenvalue weighted by atomic mass is 16.3. The fourth-order valence-corrected chi connectivity index (χ4v) is 1.37. The van der Waals surface area contributed by atoms with Crippen LogP contribution in [0.15, 0.2) is 18.3 Å². The zero-order valence-electron chi connectivity index (χ0n) is 9.77. The van der Waals surface area contributed by atoms with E-state index in [4.69, 9.17) is 0 Å². The predicted octanol–water partition coefficient (Wildman–Crippen LogP) is 0.576. The lowest BCUT2D eigenvalue weighted by Crippen LogP contribution is -2.33. The first-order chi connectivity index (χ1) is 7.54. The van der Waals surface area contributed by atoms with Gasteiger partial charge in [-0.25, -0.2) is 4.98 Å². The van der Waals surface area contributed by atoms with Crippen LogP contribution in [0.4, 0.5) is 5.82 Å². The average molecular weight is 223 g/mol. The van der Waals surface area contributed by atoms with E-state index in [1.807, 2.05) is 0 Å². The maximum absolute atomic E-state index is 11.8. The van der Waals surface area contributed by atoms with Gasteiger partial charge in [-0.05, 0) is 19.1 Å². The normalized spacial score (nSPS) is 12.0. The Kier molecular flexibility index (Phi) is 4.25. The Balaban J connectivity index is 2.72. The summed E-state index contributed by atoms with van der Waals surface area (Å²) in [4.78, 5) is 17.4. The zero-order chi connectivity index (χ0) is 12.1. The van der Waals surface area contributed by atoms with Crippen molar-refractivity contribution in [2.75, 3.05) is 26.0 Å². The SMILES string of the molecule is CNc1ccc(C(=O)N(C)CC(C)O)cn1. The largest absolute Gasteiger partial charge is 0.392 e. The van der Waals surface area contributed by atoms with Gasteiger partial charge in [0.1, 0.15) is 5.82 Å². The summed E-state index contributed by atoms with van der Waals surface area (Å²) >= 11 is 0. The minimum absolute atomic E-state index is 0.143. The van der Waals surface area contributed by atoms with Crippen LogP contribution in [0.2, 0.25) is 0 Å². The molecule has 1 aromatic rings. The van der Waals surface area contributed by atoms with Crippen LogP contribution in [0, 0.1) is 0 Å². The van der Waals surface area contributed by atoms with Crippen LogP contribution in [0.5, 0.6) is 0 Å². The molecule has 1 rings (SSSR count). The number of hydrogen-bond acceptors (Lipinski definition) is 4. The summed E-state index contributed by atoms with van der Waals surface area (Å²) in [7, 11) is 3.42. The van der Waals surface area contributed by atoms with Crippen LogP contribution in [0.3, 0.4) is 0 Å². The topological polar surface area (TPSA) is 65.5 Å². The molecule has 0 bridgehead atoms. The molecule has 0 radical (unpaired) electrons. The van der Waals surface area contributed by atoms with Crippen LogP contribution in [0.1, 0.15) is 17.3 Å². The van der Waals surface area contributed by atoms with E-state index >= 15 is 0 Å². The number of rotatable bonds is 4. The Morgan fingerprint density at radius 2 is 2.31 bits per heavy atom. The molecular weight excluding hydrogens is 206 g/mol. The Hall–Kier alpha value is -1.62. The van der Waals surface area contributed by atoms with Crippen LogP contribution in [-0.2, 0) is 0 Å². The van der Waals surface area contributed by atoms with Crippen molar-refractivity contribution in [1.82, 2.24) is 9.88 Å². The van der Waals surface area contributed by atoms with Gasteiger partial charge in [-0.2, -0.15) is 0 Å². The third-order valence-corrected chi connectivity index (χ3v) is 2.15. The quantitative estimate of drug-likeness (QED) is 0.783. The van der Waals surface area contributed by atoms with E-state index in [1.54, 1.807) is 33.2 Å². The van der Waals surface area contributed by atoms with Gasteiger partial charge in [0, 0.05) is 26.8 Å². The molecule has 0 saturated heterocycles. The highest BCUT2D eigenvalue weighted by Gasteiger charge is 2.13. The van der Waals surface area contributed by atoms with Crippen molar-refractivity contribution in [3.63, 3.8) is 0 Å². The first-order valence-corrected chi connectivity index (χ1v) is 5.12. The number of amides is 1. The zero-order valence-corrected chi connectivity index (χ0v) is 9.77. The first-order valence-electron chi connectivity index (χ1n) is 5.12. The van der Waals surface area contributed by atoms with Gasteiger partial charge in [0.05, 0.1) is 11.7 Å². The minimum Gasteiger partial charge on any atom is -0.392 e. The summed E-state index contributed by atoms with van der Waals surface area (Å²) in [5, 5.41) is 12.1. The Bertz CT molecular complexity index is 349. The third kappa shape index (κ3) is 3.20. The maximum atomic E-state index is 11.8. The van der Waals surface area contributed by atoms with Gasteiger partial charge in [0.25, 0.3) is 5.91 Å². The van der Waals surface area contributed by atoms with E-state index in [0.717, 1.165) is 5.82 Å². The van der Waals surface area contributed by atoms with Crippen molar-refractivity contribution >= 4 is 11.7 Å². The molecule has 1 aromatic heterocycles. The van der Waals surface area contributed by atoms with E-state index in [2.05, 4.69) is 10.3 Å². The number of pyridine rings is 1. The molecule has 0 aromatic carbocycles. The molecule has 16 heavy (non-hydrogen) atoms. The highest BCUT2D eigenvalue weighted by molar-refractivity contribution is 5.93. The molecule has 2 N–H and O–H groups in total. The van der Waals surface area contributed by atoms with Gasteiger partial charge < -0.3 is 15.3 Å². The first kappa shape index (κ1) is 12.4. The van der Waals surface area contributed by atoms with Crippen LogP contribution in [0.25, 0.3) is 0 Å². The molecule has 0 saturated carbocycles. The van der Waals surface area contributed by atoms with E-state index < -0.39 is 6.10 Å². The summed E-state index contributed by atoms with van der Waals surface area (Å²) < 4.78 is 0. The number of nitrogens with zero attached hydrogens (tertiary/aromatic N) is 2. The molecule has 0 aliphatic rings. The molecule has 1 atom stereocenters. The van der Waals surface area contributed by atoms with Crippen molar-refractivity contribution in [3.05, 3.63) is 23.9 Å². The lowest BCUT2D eigenvalue weighted by molar-refractivity contribution is 0.0703. The second-order valence-corrected chi connectivity index (χ2v) is 3.72. The summed E-state index contributed by atoms with van der Waals surface area (Å²) in [6.07, 6.45) is 0.991. The van der Waals surface area contributed by atoms with E-state index in [0.29, 0.717) is 12.1 Å². The van der Waals surface area contributed by atoms with Crippen molar-refractivity contribution in [2.24, 2.45) is 0 Å². The van der Waals surface area contributed by atoms with Gasteiger partial charge in [-0.1, -0.05) is 0 Å². The van der Waals surface area contributed by atoms with Crippen molar-refractivity contribution < 1.29 is 9.90 Å². The number of aliphatic hydroxyl groups is 1. The van der Waals surface area contributed by atoms with E-state index in [9.17, 15) is 9.90 Å². The van der Waals surface area contributed by atoms with Crippen molar-refractivity contribution in [1.29, 1.82) is 0 Å². The van der Waals surface area contributed by atoms with Gasteiger partial charge in [-0.15, -0.1) is 0 Å². The predicted molar refractivity (Wildman–Crippen MR) is 62.4 cm³/mol. The molecule has 0 aliphatic heterocycles. The number of aromatic nitrogens is 1. The standard InChI is InChI=1S/C11H17N3O2/c1-8(15)7-14(3)11(16)9-4-5-10(12-2)13-6-9/h4-6,8,15H,7H2,1-3H3,(H,12,13). The third-order valence-electron chi connectivity index (χ3n) is 2.15. The molecule has 0 aliphatic carbocycles. The highest BCUT2D eigenvalue weighted by Crippen LogP contribution is 2.06. The van der Waals surface area contributed by atoms with Crippen LogP contribution < -0.4 is 5.32 Å². The molecule has 1 unspecified atom stereocenters. The molecular formula is C11H17N3O2. The summed E-state index contributed by atoms with van der Waals surface area (Å²) in [5.41, 5.74) is 0.516. The van der Waals surface area contributed by atoms with Gasteiger partial charge in [0.15, 0.2) is 0 Å². The monoisotopic (exact) mass is 223 g/mol. The van der Waals surface area contributed by atoms with Gasteiger partial charge in [-0.3, -0.25) is 4.79 Å². The molecule has 1 heterocycles. The average Bonchev–Trinajstić information content (AvgIpc) is 2.27. The fourth-order valence-electron chi connectivity index (χ4n) is 1.37. The lowest BCUT2D eigenvalue weighted by Gasteiger charge is -2.18. The Labute approximate surface area is 95.1 Å². The lowest BCUT2D eigenvalue weighted by atomic mass is 10.2. The molecule has 88 valence electrons. The van der Waals surface area contributed by atoms with E-state index in [-0.39, 0.29) is 5.91 Å². The van der Waals surface area contributed by atoms with Crippen molar-refractivity contribution in [2.45, 2.75) is 13.0 Å². The summed E-state index contributed by atoms with van der Waals surface area (Å²) in [6.45, 7) is 1.96. The van der Waals surface area contributed by atoms with Gasteiger partial charge >= 0.3 is 0 Å². The van der Waals surface area contributed by atoms with E-state index in [1.165, 1.54) is 11.1 Å². The molecule has 5 nitrogen and oxygen atoms in total. The van der Waals surface area contributed by atoms with Crippen LogP contribution in [-0.4, -0.2) is 47.6 Å². The number of likely N-dealkylation sites (N-methyl/N-ethyl adjacent to an activating group) is 1. The number of hydrogen-bond donors (Lipinski definition) is 2. The van der Waals surface area contributed by atoms with Crippen molar-refractivity contribution in [3.8, 4) is 0 Å². The number of anilines is 1. The molecule has 0 fully saturated rings. The molecule has 0 spiro atoms. The molecule has 1 amide bonds. The summed E-state index contributed by atoms with van der Waals surface area (Å²) in [6, 6.07) is 3.45. The fraction of sp³-hybridized carbons (Fsp3) is 0.455. The second-order valence-electron chi connectivity index (χ2n) is 3.72. The van der Waals surface area contributed by atoms with Crippen LogP contribution >= 0.6 is 0 Å². The Morgan fingerprint density at radius 3 is 2.75 bits per heavy atom. The molecule has 5 heteroatoms. The Morgan fingerprint density at radius 1 is 1.62 bits per heavy atom. The second kappa shape index (κ2) is 5.46. The number of carbonyl (C=O) groups is 1. The number of aliphatic hydroxyl groups excluding tert-OH is 1. The summed E-state index contributed by atoms with van der Waals surface area (Å²) in [5.74, 6) is 0.575. The van der Waals surface area contributed by atoms with Gasteiger partial charge in [0.2, 0.25) is 0 Å². The smallest absolute Gasteiger partial charge is 0.255 e. The number of carbonyl (C=O) groups excluding carboxylic acids is 1. The minimum atomic E-state index is -0.529. The maximum Gasteiger partial charge on any atom is 0.255 e.